The zero-order valence-electron chi connectivity index (χ0n) is 12.2. The molecule has 0 aliphatic heterocycles. The van der Waals surface area contributed by atoms with Gasteiger partial charge in [-0.25, -0.2) is 9.37 Å². The molecule has 6 heteroatoms. The van der Waals surface area contributed by atoms with Crippen LogP contribution >= 0.6 is 23.2 Å². The van der Waals surface area contributed by atoms with Crippen molar-refractivity contribution in [2.24, 2.45) is 0 Å². The maximum Gasteiger partial charge on any atom is 0.242 e. The van der Waals surface area contributed by atoms with Crippen LogP contribution in [0.4, 0.5) is 10.1 Å². The Morgan fingerprint density at radius 2 is 2.13 bits per heavy atom. The molecule has 1 heterocycles. The van der Waals surface area contributed by atoms with E-state index in [9.17, 15) is 9.18 Å². The van der Waals surface area contributed by atoms with Crippen LogP contribution in [0, 0.1) is 5.82 Å². The molecule has 1 aromatic carbocycles. The molecule has 1 amide bonds. The standard InChI is InChI=1S/C17H13Cl2FN2O/c1-9(18)17(23)21-14-5-6-15(19)22-16(14)11-7-10-3-2-4-13(20)12(10)8-11/h2-6,8-9H,7H2,1H3,(H,21,23). The minimum absolute atomic E-state index is 0.278. The summed E-state index contributed by atoms with van der Waals surface area (Å²) < 4.78 is 13.9. The van der Waals surface area contributed by atoms with Crippen LogP contribution in [0.15, 0.2) is 30.3 Å². The first-order valence-electron chi connectivity index (χ1n) is 7.05. The van der Waals surface area contributed by atoms with Crippen LogP contribution in [0.3, 0.4) is 0 Å². The maximum atomic E-state index is 13.9. The van der Waals surface area contributed by atoms with Crippen molar-refractivity contribution in [1.82, 2.24) is 4.98 Å². The topological polar surface area (TPSA) is 42.0 Å². The van der Waals surface area contributed by atoms with E-state index in [0.717, 1.165) is 11.1 Å². The number of amides is 1. The monoisotopic (exact) mass is 350 g/mol. The lowest BCUT2D eigenvalue weighted by atomic mass is 10.1. The highest BCUT2D eigenvalue weighted by molar-refractivity contribution is 6.32. The van der Waals surface area contributed by atoms with Gasteiger partial charge >= 0.3 is 0 Å². The average Bonchev–Trinajstić information content (AvgIpc) is 2.94. The second-order valence-electron chi connectivity index (χ2n) is 5.29. The summed E-state index contributed by atoms with van der Waals surface area (Å²) in [5.74, 6) is -0.612. The number of anilines is 1. The van der Waals surface area contributed by atoms with Crippen molar-refractivity contribution in [2.75, 3.05) is 5.32 Å². The van der Waals surface area contributed by atoms with Gasteiger partial charge in [0.1, 0.15) is 16.3 Å². The number of fused-ring (bicyclic) bond motifs is 1. The van der Waals surface area contributed by atoms with Crippen LogP contribution in [-0.4, -0.2) is 16.3 Å². The van der Waals surface area contributed by atoms with Gasteiger partial charge in [0.15, 0.2) is 0 Å². The fraction of sp³-hybridized carbons (Fsp3) is 0.176. The molecular formula is C17H13Cl2FN2O. The van der Waals surface area contributed by atoms with E-state index in [2.05, 4.69) is 10.3 Å². The Balaban J connectivity index is 2.01. The van der Waals surface area contributed by atoms with Crippen LogP contribution in [0.2, 0.25) is 5.15 Å². The van der Waals surface area contributed by atoms with Crippen LogP contribution in [-0.2, 0) is 11.2 Å². The number of hydrogen-bond acceptors (Lipinski definition) is 2. The number of allylic oxidation sites excluding steroid dienone is 1. The van der Waals surface area contributed by atoms with Gasteiger partial charge in [-0.2, -0.15) is 0 Å². The average molecular weight is 351 g/mol. The number of halogens is 3. The Bertz CT molecular complexity index is 818. The molecule has 1 aromatic heterocycles. The first-order chi connectivity index (χ1) is 11.0. The van der Waals surface area contributed by atoms with Crippen LogP contribution in [0.5, 0.6) is 0 Å². The fourth-order valence-electron chi connectivity index (χ4n) is 2.49. The van der Waals surface area contributed by atoms with Crippen LogP contribution in [0.25, 0.3) is 11.6 Å². The zero-order chi connectivity index (χ0) is 16.6. The van der Waals surface area contributed by atoms with E-state index in [1.54, 1.807) is 31.2 Å². The van der Waals surface area contributed by atoms with Gasteiger partial charge < -0.3 is 5.32 Å². The number of nitrogens with one attached hydrogen (secondary N) is 1. The lowest BCUT2D eigenvalue weighted by molar-refractivity contribution is -0.115. The van der Waals surface area contributed by atoms with E-state index in [1.165, 1.54) is 6.07 Å². The number of benzene rings is 1. The summed E-state index contributed by atoms with van der Waals surface area (Å²) in [7, 11) is 0. The summed E-state index contributed by atoms with van der Waals surface area (Å²) in [6, 6.07) is 8.21. The van der Waals surface area contributed by atoms with Crippen molar-refractivity contribution in [3.05, 3.63) is 58.1 Å². The Labute approximate surface area is 143 Å². The lowest BCUT2D eigenvalue weighted by Crippen LogP contribution is -2.21. The number of nitrogens with zero attached hydrogens (tertiary/aromatic N) is 1. The molecule has 0 bridgehead atoms. The van der Waals surface area contributed by atoms with Gasteiger partial charge in [0.25, 0.3) is 0 Å². The quantitative estimate of drug-likeness (QED) is 0.652. The molecule has 1 aliphatic rings. The highest BCUT2D eigenvalue weighted by Crippen LogP contribution is 2.35. The summed E-state index contributed by atoms with van der Waals surface area (Å²) >= 11 is 11.8. The predicted molar refractivity (Wildman–Crippen MR) is 91.2 cm³/mol. The number of aromatic nitrogens is 1. The normalized spacial score (nSPS) is 14.2. The van der Waals surface area contributed by atoms with E-state index in [-0.39, 0.29) is 11.7 Å². The lowest BCUT2D eigenvalue weighted by Gasteiger charge is -2.12. The summed E-state index contributed by atoms with van der Waals surface area (Å²) in [4.78, 5) is 16.2. The van der Waals surface area contributed by atoms with Crippen molar-refractivity contribution >= 4 is 46.4 Å². The number of pyridine rings is 1. The highest BCUT2D eigenvalue weighted by atomic mass is 35.5. The second kappa shape index (κ2) is 6.30. The molecule has 0 saturated heterocycles. The number of rotatable bonds is 3. The maximum absolute atomic E-state index is 13.9. The van der Waals surface area contributed by atoms with E-state index in [4.69, 9.17) is 23.2 Å². The number of carbonyl (C=O) groups excluding carboxylic acids is 1. The molecule has 0 fully saturated rings. The van der Waals surface area contributed by atoms with Gasteiger partial charge in [-0.15, -0.1) is 11.6 Å². The Hall–Kier alpha value is -1.91. The van der Waals surface area contributed by atoms with Gasteiger partial charge in [0, 0.05) is 12.0 Å². The van der Waals surface area contributed by atoms with Crippen LogP contribution < -0.4 is 5.32 Å². The molecule has 1 N–H and O–H groups in total. The Morgan fingerprint density at radius 3 is 2.83 bits per heavy atom. The molecule has 1 aliphatic carbocycles. The van der Waals surface area contributed by atoms with E-state index < -0.39 is 5.38 Å². The van der Waals surface area contributed by atoms with Crippen molar-refractivity contribution in [3.63, 3.8) is 0 Å². The first kappa shape index (κ1) is 16.0. The molecule has 118 valence electrons. The van der Waals surface area contributed by atoms with Crippen molar-refractivity contribution in [2.45, 2.75) is 18.7 Å². The minimum Gasteiger partial charge on any atom is -0.323 e. The predicted octanol–water partition coefficient (Wildman–Crippen LogP) is 4.54. The molecule has 0 saturated carbocycles. The Morgan fingerprint density at radius 1 is 1.35 bits per heavy atom. The van der Waals surface area contributed by atoms with Crippen LogP contribution in [0.1, 0.15) is 23.7 Å². The van der Waals surface area contributed by atoms with Crippen molar-refractivity contribution in [1.29, 1.82) is 0 Å². The molecule has 0 spiro atoms. The number of hydrogen-bond donors (Lipinski definition) is 1. The molecule has 3 nitrogen and oxygen atoms in total. The molecule has 23 heavy (non-hydrogen) atoms. The molecule has 1 atom stereocenters. The Kier molecular flexibility index (Phi) is 4.37. The van der Waals surface area contributed by atoms with E-state index in [0.29, 0.717) is 28.5 Å². The van der Waals surface area contributed by atoms with Gasteiger partial charge in [-0.3, -0.25) is 4.79 Å². The third kappa shape index (κ3) is 3.23. The molecule has 3 rings (SSSR count). The second-order valence-corrected chi connectivity index (χ2v) is 6.34. The summed E-state index contributed by atoms with van der Waals surface area (Å²) in [5, 5.41) is 2.35. The van der Waals surface area contributed by atoms with E-state index >= 15 is 0 Å². The van der Waals surface area contributed by atoms with Gasteiger partial charge in [0.05, 0.1) is 11.4 Å². The molecule has 0 radical (unpaired) electrons. The third-order valence-electron chi connectivity index (χ3n) is 3.63. The van der Waals surface area contributed by atoms with E-state index in [1.807, 2.05) is 6.07 Å². The van der Waals surface area contributed by atoms with Crippen molar-refractivity contribution in [3.8, 4) is 0 Å². The summed E-state index contributed by atoms with van der Waals surface area (Å²) in [6.07, 6.45) is 2.27. The first-order valence-corrected chi connectivity index (χ1v) is 7.87. The highest BCUT2D eigenvalue weighted by Gasteiger charge is 2.21. The smallest absolute Gasteiger partial charge is 0.242 e. The SMILES string of the molecule is CC(Cl)C(=O)Nc1ccc(Cl)nc1C1=Cc2c(F)cccc2C1. The largest absolute Gasteiger partial charge is 0.323 e. The summed E-state index contributed by atoms with van der Waals surface area (Å²) in [5.41, 5.74) is 3.26. The molecule has 1 unspecified atom stereocenters. The van der Waals surface area contributed by atoms with Crippen molar-refractivity contribution < 1.29 is 9.18 Å². The number of carbonyl (C=O) groups is 1. The third-order valence-corrected chi connectivity index (χ3v) is 4.04. The zero-order valence-corrected chi connectivity index (χ0v) is 13.7. The molecular weight excluding hydrogens is 338 g/mol. The van der Waals surface area contributed by atoms with Gasteiger partial charge in [0.2, 0.25) is 5.91 Å². The summed E-state index contributed by atoms with van der Waals surface area (Å²) in [6.45, 7) is 1.58. The fourth-order valence-corrected chi connectivity index (χ4v) is 2.70. The minimum atomic E-state index is -0.675. The van der Waals surface area contributed by atoms with Gasteiger partial charge in [-0.05, 0) is 42.3 Å². The van der Waals surface area contributed by atoms with Gasteiger partial charge in [-0.1, -0.05) is 23.7 Å². The molecule has 2 aromatic rings. The number of alkyl halides is 1.